The lowest BCUT2D eigenvalue weighted by Crippen LogP contribution is -2.37. The molecule has 0 unspecified atom stereocenters. The smallest absolute Gasteiger partial charge is 0.408 e. The SMILES string of the molecule is CC(C)(C)OC(=O)NCC(=O)Nc1ccccc1NC(=O)/C=C/C1CC1. The minimum Gasteiger partial charge on any atom is -0.444 e. The molecule has 0 spiro atoms. The fraction of sp³-hybridized carbons (Fsp3) is 0.421. The van der Waals surface area contributed by atoms with Gasteiger partial charge in [-0.2, -0.15) is 0 Å². The average molecular weight is 359 g/mol. The van der Waals surface area contributed by atoms with Gasteiger partial charge in [0, 0.05) is 0 Å². The Bertz CT molecular complexity index is 703. The summed E-state index contributed by atoms with van der Waals surface area (Å²) in [5.74, 6) is -0.161. The molecule has 140 valence electrons. The summed E-state index contributed by atoms with van der Waals surface area (Å²) >= 11 is 0. The lowest BCUT2D eigenvalue weighted by Gasteiger charge is -2.19. The molecule has 0 atom stereocenters. The Hall–Kier alpha value is -2.83. The van der Waals surface area contributed by atoms with Crippen LogP contribution in [-0.4, -0.2) is 30.1 Å². The molecular weight excluding hydrogens is 334 g/mol. The molecule has 0 heterocycles. The first kappa shape index (κ1) is 19.5. The number of anilines is 2. The molecule has 0 saturated heterocycles. The molecule has 2 rings (SSSR count). The highest BCUT2D eigenvalue weighted by Crippen LogP contribution is 2.30. The zero-order chi connectivity index (χ0) is 19.2. The van der Waals surface area contributed by atoms with E-state index in [-0.39, 0.29) is 12.5 Å². The van der Waals surface area contributed by atoms with E-state index in [4.69, 9.17) is 4.74 Å². The Morgan fingerprint density at radius 2 is 1.73 bits per heavy atom. The van der Waals surface area contributed by atoms with Gasteiger partial charge in [-0.3, -0.25) is 9.59 Å². The molecule has 1 aromatic rings. The maximum absolute atomic E-state index is 12.0. The Labute approximate surface area is 153 Å². The maximum atomic E-state index is 12.0. The van der Waals surface area contributed by atoms with Crippen molar-refractivity contribution >= 4 is 29.3 Å². The van der Waals surface area contributed by atoms with Crippen LogP contribution < -0.4 is 16.0 Å². The standard InChI is InChI=1S/C19H25N3O4/c1-19(2,3)26-18(25)20-12-17(24)22-15-7-5-4-6-14(15)21-16(23)11-10-13-8-9-13/h4-7,10-11,13H,8-9,12H2,1-3H3,(H,20,25)(H,21,23)(H,22,24)/b11-10+. The number of benzene rings is 1. The number of hydrogen-bond acceptors (Lipinski definition) is 4. The summed E-state index contributed by atoms with van der Waals surface area (Å²) in [6.07, 6.45) is 4.99. The summed E-state index contributed by atoms with van der Waals surface area (Å²) in [5, 5.41) is 7.79. The van der Waals surface area contributed by atoms with E-state index >= 15 is 0 Å². The van der Waals surface area contributed by atoms with Crippen molar-refractivity contribution in [3.8, 4) is 0 Å². The molecule has 3 amide bonds. The van der Waals surface area contributed by atoms with E-state index in [9.17, 15) is 14.4 Å². The first-order valence-electron chi connectivity index (χ1n) is 8.58. The molecule has 0 bridgehead atoms. The third kappa shape index (κ3) is 7.38. The Morgan fingerprint density at radius 3 is 2.31 bits per heavy atom. The number of rotatable bonds is 6. The number of ether oxygens (including phenoxy) is 1. The fourth-order valence-electron chi connectivity index (χ4n) is 2.05. The molecular formula is C19H25N3O4. The van der Waals surface area contributed by atoms with Crippen molar-refractivity contribution in [1.29, 1.82) is 0 Å². The average Bonchev–Trinajstić information content (AvgIpc) is 3.36. The summed E-state index contributed by atoms with van der Waals surface area (Å²) in [6, 6.07) is 6.87. The topological polar surface area (TPSA) is 96.5 Å². The molecule has 1 saturated carbocycles. The van der Waals surface area contributed by atoms with Gasteiger partial charge in [-0.1, -0.05) is 18.2 Å². The van der Waals surface area contributed by atoms with Crippen LogP contribution in [0.1, 0.15) is 33.6 Å². The second-order valence-electron chi connectivity index (χ2n) is 7.14. The largest absolute Gasteiger partial charge is 0.444 e. The molecule has 26 heavy (non-hydrogen) atoms. The fourth-order valence-corrected chi connectivity index (χ4v) is 2.05. The van der Waals surface area contributed by atoms with Crippen molar-refractivity contribution in [3.05, 3.63) is 36.4 Å². The van der Waals surface area contributed by atoms with Crippen LogP contribution in [-0.2, 0) is 14.3 Å². The van der Waals surface area contributed by atoms with Gasteiger partial charge in [-0.05, 0) is 57.7 Å². The predicted octanol–water partition coefficient (Wildman–Crippen LogP) is 3.05. The van der Waals surface area contributed by atoms with Crippen LogP contribution >= 0.6 is 0 Å². The van der Waals surface area contributed by atoms with Crippen molar-refractivity contribution in [2.24, 2.45) is 5.92 Å². The number of carbonyl (C=O) groups is 3. The number of amides is 3. The van der Waals surface area contributed by atoms with E-state index < -0.39 is 17.6 Å². The van der Waals surface area contributed by atoms with Crippen LogP contribution in [0.5, 0.6) is 0 Å². The summed E-state index contributed by atoms with van der Waals surface area (Å²) in [7, 11) is 0. The molecule has 1 aliphatic rings. The molecule has 0 aromatic heterocycles. The zero-order valence-electron chi connectivity index (χ0n) is 15.3. The van der Waals surface area contributed by atoms with Gasteiger partial charge in [0.25, 0.3) is 0 Å². The highest BCUT2D eigenvalue weighted by molar-refractivity contribution is 6.04. The van der Waals surface area contributed by atoms with Crippen LogP contribution in [0.2, 0.25) is 0 Å². The highest BCUT2D eigenvalue weighted by Gasteiger charge is 2.18. The van der Waals surface area contributed by atoms with Crippen molar-refractivity contribution in [2.75, 3.05) is 17.2 Å². The molecule has 1 aliphatic carbocycles. The number of carbonyl (C=O) groups excluding carboxylic acids is 3. The molecule has 0 radical (unpaired) electrons. The molecule has 1 fully saturated rings. The molecule has 0 aliphatic heterocycles. The summed E-state index contributed by atoms with van der Waals surface area (Å²) in [6.45, 7) is 4.98. The summed E-state index contributed by atoms with van der Waals surface area (Å²) < 4.78 is 5.07. The van der Waals surface area contributed by atoms with Crippen molar-refractivity contribution in [2.45, 2.75) is 39.2 Å². The zero-order valence-corrected chi connectivity index (χ0v) is 15.3. The first-order valence-corrected chi connectivity index (χ1v) is 8.58. The highest BCUT2D eigenvalue weighted by atomic mass is 16.6. The Balaban J connectivity index is 1.87. The van der Waals surface area contributed by atoms with Gasteiger partial charge in [-0.25, -0.2) is 4.79 Å². The van der Waals surface area contributed by atoms with Crippen LogP contribution in [0.15, 0.2) is 36.4 Å². The van der Waals surface area contributed by atoms with Gasteiger partial charge >= 0.3 is 6.09 Å². The lowest BCUT2D eigenvalue weighted by molar-refractivity contribution is -0.115. The van der Waals surface area contributed by atoms with Gasteiger partial charge < -0.3 is 20.7 Å². The predicted molar refractivity (Wildman–Crippen MR) is 99.8 cm³/mol. The molecule has 1 aromatic carbocycles. The number of para-hydroxylation sites is 2. The van der Waals surface area contributed by atoms with E-state index in [1.807, 2.05) is 6.08 Å². The van der Waals surface area contributed by atoms with E-state index in [2.05, 4.69) is 16.0 Å². The van der Waals surface area contributed by atoms with E-state index in [0.29, 0.717) is 17.3 Å². The first-order chi connectivity index (χ1) is 12.2. The monoisotopic (exact) mass is 359 g/mol. The van der Waals surface area contributed by atoms with Crippen molar-refractivity contribution in [3.63, 3.8) is 0 Å². The number of allylic oxidation sites excluding steroid dienone is 1. The second-order valence-corrected chi connectivity index (χ2v) is 7.14. The molecule has 3 N–H and O–H groups in total. The quantitative estimate of drug-likeness (QED) is 0.680. The number of nitrogens with one attached hydrogen (secondary N) is 3. The maximum Gasteiger partial charge on any atom is 0.408 e. The minimum atomic E-state index is -0.667. The van der Waals surface area contributed by atoms with E-state index in [1.54, 1.807) is 45.0 Å². The van der Waals surface area contributed by atoms with E-state index in [1.165, 1.54) is 6.08 Å². The van der Waals surface area contributed by atoms with Gasteiger partial charge in [0.2, 0.25) is 11.8 Å². The Kier molecular flexibility index (Phi) is 6.38. The van der Waals surface area contributed by atoms with Crippen LogP contribution in [0.3, 0.4) is 0 Å². The molecule has 7 heteroatoms. The van der Waals surface area contributed by atoms with Gasteiger partial charge in [-0.15, -0.1) is 0 Å². The molecule has 7 nitrogen and oxygen atoms in total. The number of alkyl carbamates (subject to hydrolysis) is 1. The van der Waals surface area contributed by atoms with Gasteiger partial charge in [0.1, 0.15) is 12.1 Å². The van der Waals surface area contributed by atoms with Gasteiger partial charge in [0.05, 0.1) is 11.4 Å². The lowest BCUT2D eigenvalue weighted by atomic mass is 10.2. The van der Waals surface area contributed by atoms with Crippen LogP contribution in [0.25, 0.3) is 0 Å². The van der Waals surface area contributed by atoms with Crippen molar-refractivity contribution < 1.29 is 19.1 Å². The Morgan fingerprint density at radius 1 is 1.12 bits per heavy atom. The second kappa shape index (κ2) is 8.51. The van der Waals surface area contributed by atoms with E-state index in [0.717, 1.165) is 12.8 Å². The third-order valence-corrected chi connectivity index (χ3v) is 3.39. The van der Waals surface area contributed by atoms with Crippen LogP contribution in [0.4, 0.5) is 16.2 Å². The summed E-state index contributed by atoms with van der Waals surface area (Å²) in [5.41, 5.74) is 0.311. The van der Waals surface area contributed by atoms with Crippen molar-refractivity contribution in [1.82, 2.24) is 5.32 Å². The minimum absolute atomic E-state index is 0.237. The summed E-state index contributed by atoms with van der Waals surface area (Å²) in [4.78, 5) is 35.6. The van der Waals surface area contributed by atoms with Gasteiger partial charge in [0.15, 0.2) is 0 Å². The third-order valence-electron chi connectivity index (χ3n) is 3.39. The van der Waals surface area contributed by atoms with Crippen LogP contribution in [0, 0.1) is 5.92 Å². The number of hydrogen-bond donors (Lipinski definition) is 3. The normalized spacial score (nSPS) is 14.0.